The summed E-state index contributed by atoms with van der Waals surface area (Å²) in [5.41, 5.74) is 6.71. The number of ether oxygens (including phenoxy) is 1. The number of aliphatic hydroxyl groups is 1. The lowest BCUT2D eigenvalue weighted by molar-refractivity contribution is 0.0929. The fourth-order valence-electron chi connectivity index (χ4n) is 2.10. The summed E-state index contributed by atoms with van der Waals surface area (Å²) in [6.45, 7) is 7.13. The van der Waals surface area contributed by atoms with Crippen LogP contribution >= 0.6 is 0 Å². The largest absolute Gasteiger partial charge is 0.491 e. The molecule has 1 aromatic rings. The highest BCUT2D eigenvalue weighted by Crippen LogP contribution is 2.27. The Morgan fingerprint density at radius 1 is 1.43 bits per heavy atom. The van der Waals surface area contributed by atoms with Crippen molar-refractivity contribution < 1.29 is 14.6 Å². The molecule has 0 bridgehead atoms. The van der Waals surface area contributed by atoms with Crippen molar-refractivity contribution in [1.29, 1.82) is 0 Å². The van der Waals surface area contributed by atoms with E-state index in [0.717, 1.165) is 12.8 Å². The van der Waals surface area contributed by atoms with Gasteiger partial charge < -0.3 is 20.9 Å². The number of amides is 1. The number of carbonyl (C=O) groups is 1. The van der Waals surface area contributed by atoms with Gasteiger partial charge in [-0.2, -0.15) is 0 Å². The third-order valence-corrected chi connectivity index (χ3v) is 3.32. The van der Waals surface area contributed by atoms with E-state index in [1.165, 1.54) is 0 Å². The maximum absolute atomic E-state index is 12.3. The molecule has 0 spiro atoms. The number of para-hydroxylation sites is 1. The molecule has 0 atom stereocenters. The van der Waals surface area contributed by atoms with Crippen LogP contribution in [0.4, 0.5) is 5.69 Å². The summed E-state index contributed by atoms with van der Waals surface area (Å²) in [7, 11) is 0. The molecular formula is C16H26N2O3. The van der Waals surface area contributed by atoms with Gasteiger partial charge in [0.25, 0.3) is 5.91 Å². The molecule has 0 saturated carbocycles. The van der Waals surface area contributed by atoms with Gasteiger partial charge in [0.2, 0.25) is 0 Å². The van der Waals surface area contributed by atoms with Crippen molar-refractivity contribution in [2.24, 2.45) is 5.41 Å². The molecule has 4 N–H and O–H groups in total. The van der Waals surface area contributed by atoms with Crippen LogP contribution in [0.3, 0.4) is 0 Å². The molecule has 1 aromatic carbocycles. The van der Waals surface area contributed by atoms with Crippen molar-refractivity contribution in [3.63, 3.8) is 0 Å². The van der Waals surface area contributed by atoms with Crippen molar-refractivity contribution >= 4 is 11.6 Å². The minimum atomic E-state index is -0.192. The van der Waals surface area contributed by atoms with Gasteiger partial charge in [-0.1, -0.05) is 19.9 Å². The van der Waals surface area contributed by atoms with E-state index in [-0.39, 0.29) is 17.9 Å². The summed E-state index contributed by atoms with van der Waals surface area (Å²) in [5, 5.41) is 11.8. The standard InChI is InChI=1S/C16H26N2O3/c1-4-21-14-12(7-5-8-13(14)17)15(20)18-11-16(2,3)9-6-10-19/h5,7-8,19H,4,6,9-11,17H2,1-3H3,(H,18,20). The van der Waals surface area contributed by atoms with Crippen LogP contribution in [0.1, 0.15) is 44.0 Å². The molecule has 0 saturated heterocycles. The molecule has 0 radical (unpaired) electrons. The second kappa shape index (κ2) is 7.88. The number of benzene rings is 1. The van der Waals surface area contributed by atoms with Gasteiger partial charge in [0.15, 0.2) is 5.75 Å². The Labute approximate surface area is 126 Å². The van der Waals surface area contributed by atoms with E-state index >= 15 is 0 Å². The second-order valence-corrected chi connectivity index (χ2v) is 5.83. The number of carbonyl (C=O) groups excluding carboxylic acids is 1. The van der Waals surface area contributed by atoms with E-state index in [4.69, 9.17) is 15.6 Å². The average molecular weight is 294 g/mol. The first-order valence-corrected chi connectivity index (χ1v) is 7.31. The van der Waals surface area contributed by atoms with Gasteiger partial charge in [0, 0.05) is 13.2 Å². The predicted octanol–water partition coefficient (Wildman–Crippen LogP) is 2.20. The molecule has 5 nitrogen and oxygen atoms in total. The Hall–Kier alpha value is -1.75. The summed E-state index contributed by atoms with van der Waals surface area (Å²) < 4.78 is 5.47. The number of nitrogens with two attached hydrogens (primary N) is 1. The minimum absolute atomic E-state index is 0.0650. The van der Waals surface area contributed by atoms with Gasteiger partial charge in [-0.15, -0.1) is 0 Å². The van der Waals surface area contributed by atoms with Gasteiger partial charge in [-0.3, -0.25) is 4.79 Å². The molecule has 5 heteroatoms. The number of rotatable bonds is 8. The third-order valence-electron chi connectivity index (χ3n) is 3.32. The van der Waals surface area contributed by atoms with Crippen molar-refractivity contribution in [3.05, 3.63) is 23.8 Å². The number of nitrogen functional groups attached to an aromatic ring is 1. The van der Waals surface area contributed by atoms with Gasteiger partial charge in [0.1, 0.15) is 0 Å². The zero-order valence-electron chi connectivity index (χ0n) is 13.1. The maximum atomic E-state index is 12.3. The Morgan fingerprint density at radius 3 is 2.76 bits per heavy atom. The quantitative estimate of drug-likeness (QED) is 0.642. The molecular weight excluding hydrogens is 268 g/mol. The number of anilines is 1. The highest BCUT2D eigenvalue weighted by Gasteiger charge is 2.20. The zero-order chi connectivity index (χ0) is 15.9. The molecule has 118 valence electrons. The van der Waals surface area contributed by atoms with Gasteiger partial charge >= 0.3 is 0 Å². The van der Waals surface area contributed by atoms with Crippen LogP contribution in [-0.4, -0.2) is 30.8 Å². The molecule has 0 aliphatic heterocycles. The number of aliphatic hydroxyl groups excluding tert-OH is 1. The Balaban J connectivity index is 2.74. The van der Waals surface area contributed by atoms with Crippen LogP contribution in [0.25, 0.3) is 0 Å². The van der Waals surface area contributed by atoms with E-state index < -0.39 is 0 Å². The summed E-state index contributed by atoms with van der Waals surface area (Å²) >= 11 is 0. The Kier molecular flexibility index (Phi) is 6.49. The van der Waals surface area contributed by atoms with E-state index in [1.807, 2.05) is 6.92 Å². The van der Waals surface area contributed by atoms with Crippen LogP contribution in [-0.2, 0) is 0 Å². The minimum Gasteiger partial charge on any atom is -0.491 e. The first-order valence-electron chi connectivity index (χ1n) is 7.31. The summed E-state index contributed by atoms with van der Waals surface area (Å²) in [5.74, 6) is 0.244. The predicted molar refractivity (Wildman–Crippen MR) is 84.5 cm³/mol. The fourth-order valence-corrected chi connectivity index (χ4v) is 2.10. The van der Waals surface area contributed by atoms with Crippen molar-refractivity contribution in [2.75, 3.05) is 25.5 Å². The topological polar surface area (TPSA) is 84.6 Å². The monoisotopic (exact) mass is 294 g/mol. The lowest BCUT2D eigenvalue weighted by atomic mass is 9.88. The van der Waals surface area contributed by atoms with Gasteiger partial charge in [-0.05, 0) is 37.3 Å². The summed E-state index contributed by atoms with van der Waals surface area (Å²) in [6.07, 6.45) is 1.57. The average Bonchev–Trinajstić information content (AvgIpc) is 2.45. The normalized spacial score (nSPS) is 11.2. The highest BCUT2D eigenvalue weighted by molar-refractivity contribution is 5.98. The van der Waals surface area contributed by atoms with Crippen LogP contribution in [0, 0.1) is 5.41 Å². The molecule has 0 unspecified atom stereocenters. The van der Waals surface area contributed by atoms with E-state index in [1.54, 1.807) is 18.2 Å². The summed E-state index contributed by atoms with van der Waals surface area (Å²) in [4.78, 5) is 12.3. The maximum Gasteiger partial charge on any atom is 0.255 e. The smallest absolute Gasteiger partial charge is 0.255 e. The van der Waals surface area contributed by atoms with Crippen LogP contribution in [0.2, 0.25) is 0 Å². The molecule has 0 aliphatic carbocycles. The Bertz CT molecular complexity index is 473. The van der Waals surface area contributed by atoms with Crippen LogP contribution in [0.5, 0.6) is 5.75 Å². The Morgan fingerprint density at radius 2 is 2.14 bits per heavy atom. The first kappa shape index (κ1) is 17.3. The molecule has 1 rings (SSSR count). The fraction of sp³-hybridized carbons (Fsp3) is 0.562. The molecule has 1 amide bonds. The van der Waals surface area contributed by atoms with Gasteiger partial charge in [0.05, 0.1) is 17.9 Å². The second-order valence-electron chi connectivity index (χ2n) is 5.83. The molecule has 0 heterocycles. The number of hydrogen-bond donors (Lipinski definition) is 3. The molecule has 0 aliphatic rings. The van der Waals surface area contributed by atoms with Crippen molar-refractivity contribution in [1.82, 2.24) is 5.32 Å². The number of nitrogens with one attached hydrogen (secondary N) is 1. The summed E-state index contributed by atoms with van der Waals surface area (Å²) in [6, 6.07) is 5.16. The van der Waals surface area contributed by atoms with E-state index in [9.17, 15) is 4.79 Å². The van der Waals surface area contributed by atoms with Crippen LogP contribution < -0.4 is 15.8 Å². The van der Waals surface area contributed by atoms with Gasteiger partial charge in [-0.25, -0.2) is 0 Å². The van der Waals surface area contributed by atoms with Crippen molar-refractivity contribution in [2.45, 2.75) is 33.6 Å². The first-order chi connectivity index (χ1) is 9.91. The lowest BCUT2D eigenvalue weighted by Gasteiger charge is -2.25. The SMILES string of the molecule is CCOc1c(N)cccc1C(=O)NCC(C)(C)CCCO. The molecule has 0 fully saturated rings. The zero-order valence-corrected chi connectivity index (χ0v) is 13.1. The number of hydrogen-bond acceptors (Lipinski definition) is 4. The highest BCUT2D eigenvalue weighted by atomic mass is 16.5. The third kappa shape index (κ3) is 5.27. The lowest BCUT2D eigenvalue weighted by Crippen LogP contribution is -2.34. The molecule has 0 aromatic heterocycles. The van der Waals surface area contributed by atoms with E-state index in [0.29, 0.717) is 30.2 Å². The van der Waals surface area contributed by atoms with E-state index in [2.05, 4.69) is 19.2 Å². The molecule has 21 heavy (non-hydrogen) atoms. The van der Waals surface area contributed by atoms with Crippen LogP contribution in [0.15, 0.2) is 18.2 Å². The van der Waals surface area contributed by atoms with Crippen molar-refractivity contribution in [3.8, 4) is 5.75 Å².